The van der Waals surface area contributed by atoms with Gasteiger partial charge in [-0.3, -0.25) is 4.79 Å². The summed E-state index contributed by atoms with van der Waals surface area (Å²) in [6.07, 6.45) is 1.01. The molecule has 0 aromatic heterocycles. The Hall–Kier alpha value is -1.90. The Morgan fingerprint density at radius 3 is 3.00 bits per heavy atom. The van der Waals surface area contributed by atoms with Gasteiger partial charge >= 0.3 is 0 Å². The third-order valence-electron chi connectivity index (χ3n) is 2.49. The maximum atomic E-state index is 13.6. The fourth-order valence-corrected chi connectivity index (χ4v) is 1.51. The van der Waals surface area contributed by atoms with E-state index in [-0.39, 0.29) is 12.2 Å². The SMILES string of the molecule is COCCCNC(=O)c1cc(C#CCCO)ccc1F. The lowest BCUT2D eigenvalue weighted by molar-refractivity contribution is 0.0944. The van der Waals surface area contributed by atoms with E-state index in [9.17, 15) is 9.18 Å². The Labute approximate surface area is 117 Å². The van der Waals surface area contributed by atoms with Crippen LogP contribution in [-0.4, -0.2) is 37.9 Å². The molecular formula is C15H18FNO3. The Morgan fingerprint density at radius 2 is 2.30 bits per heavy atom. The molecule has 20 heavy (non-hydrogen) atoms. The van der Waals surface area contributed by atoms with E-state index >= 15 is 0 Å². The topological polar surface area (TPSA) is 58.6 Å². The molecule has 0 aliphatic carbocycles. The molecule has 0 heterocycles. The molecule has 0 fully saturated rings. The summed E-state index contributed by atoms with van der Waals surface area (Å²) in [5, 5.41) is 11.3. The molecular weight excluding hydrogens is 261 g/mol. The van der Waals surface area contributed by atoms with Gasteiger partial charge in [0.1, 0.15) is 5.82 Å². The van der Waals surface area contributed by atoms with E-state index in [1.54, 1.807) is 7.11 Å². The van der Waals surface area contributed by atoms with Crippen LogP contribution in [0.5, 0.6) is 0 Å². The zero-order chi connectivity index (χ0) is 14.8. The van der Waals surface area contributed by atoms with Crippen LogP contribution in [0.2, 0.25) is 0 Å². The number of carbonyl (C=O) groups excluding carboxylic acids is 1. The smallest absolute Gasteiger partial charge is 0.254 e. The summed E-state index contributed by atoms with van der Waals surface area (Å²) in [5.41, 5.74) is 0.514. The highest BCUT2D eigenvalue weighted by atomic mass is 19.1. The van der Waals surface area contributed by atoms with Gasteiger partial charge in [0.05, 0.1) is 12.2 Å². The molecule has 2 N–H and O–H groups in total. The van der Waals surface area contributed by atoms with Crippen LogP contribution in [0.1, 0.15) is 28.8 Å². The average molecular weight is 279 g/mol. The summed E-state index contributed by atoms with van der Waals surface area (Å²) in [5.74, 6) is 4.44. The van der Waals surface area contributed by atoms with Crippen molar-refractivity contribution in [3.8, 4) is 11.8 Å². The van der Waals surface area contributed by atoms with E-state index < -0.39 is 11.7 Å². The quantitative estimate of drug-likeness (QED) is 0.610. The Bertz CT molecular complexity index is 506. The zero-order valence-electron chi connectivity index (χ0n) is 11.4. The number of aliphatic hydroxyl groups excluding tert-OH is 1. The highest BCUT2D eigenvalue weighted by molar-refractivity contribution is 5.94. The second kappa shape index (κ2) is 9.08. The fourth-order valence-electron chi connectivity index (χ4n) is 1.51. The molecule has 0 aliphatic heterocycles. The maximum absolute atomic E-state index is 13.6. The van der Waals surface area contributed by atoms with Crippen molar-refractivity contribution < 1.29 is 19.0 Å². The molecule has 1 aromatic rings. The Balaban J connectivity index is 2.71. The number of amides is 1. The van der Waals surface area contributed by atoms with E-state index in [2.05, 4.69) is 17.2 Å². The van der Waals surface area contributed by atoms with Gasteiger partial charge in [0.2, 0.25) is 0 Å². The van der Waals surface area contributed by atoms with Crippen molar-refractivity contribution in [1.29, 1.82) is 0 Å². The molecule has 1 amide bonds. The summed E-state index contributed by atoms with van der Waals surface area (Å²) >= 11 is 0. The van der Waals surface area contributed by atoms with Crippen molar-refractivity contribution >= 4 is 5.91 Å². The van der Waals surface area contributed by atoms with Gasteiger partial charge in [0.25, 0.3) is 5.91 Å². The Morgan fingerprint density at radius 1 is 1.50 bits per heavy atom. The zero-order valence-corrected chi connectivity index (χ0v) is 11.4. The largest absolute Gasteiger partial charge is 0.395 e. The van der Waals surface area contributed by atoms with Crippen LogP contribution in [0, 0.1) is 17.7 Å². The molecule has 0 saturated carbocycles. The van der Waals surface area contributed by atoms with Gasteiger partial charge in [-0.05, 0) is 24.6 Å². The third kappa shape index (κ3) is 5.39. The van der Waals surface area contributed by atoms with Crippen molar-refractivity contribution in [2.24, 2.45) is 0 Å². The molecule has 4 nitrogen and oxygen atoms in total. The number of benzene rings is 1. The van der Waals surface area contributed by atoms with Crippen LogP contribution in [0.3, 0.4) is 0 Å². The van der Waals surface area contributed by atoms with Crippen molar-refractivity contribution in [2.75, 3.05) is 26.9 Å². The summed E-state index contributed by atoms with van der Waals surface area (Å²) in [6.45, 7) is 0.934. The lowest BCUT2D eigenvalue weighted by Gasteiger charge is -2.06. The lowest BCUT2D eigenvalue weighted by Crippen LogP contribution is -2.26. The number of halogens is 1. The first kappa shape index (κ1) is 16.2. The second-order valence-electron chi connectivity index (χ2n) is 4.07. The van der Waals surface area contributed by atoms with Crippen molar-refractivity contribution in [1.82, 2.24) is 5.32 Å². The lowest BCUT2D eigenvalue weighted by atomic mass is 10.1. The molecule has 0 atom stereocenters. The normalized spacial score (nSPS) is 9.75. The predicted octanol–water partition coefficient (Wildman–Crippen LogP) is 1.33. The van der Waals surface area contributed by atoms with Gasteiger partial charge < -0.3 is 15.2 Å². The molecule has 0 saturated heterocycles. The number of aliphatic hydroxyl groups is 1. The molecule has 1 rings (SSSR count). The number of hydrogen-bond donors (Lipinski definition) is 2. The number of rotatable bonds is 6. The predicted molar refractivity (Wildman–Crippen MR) is 73.8 cm³/mol. The number of nitrogens with one attached hydrogen (secondary N) is 1. The first-order chi connectivity index (χ1) is 9.69. The summed E-state index contributed by atoms with van der Waals surface area (Å²) in [7, 11) is 1.58. The highest BCUT2D eigenvalue weighted by Crippen LogP contribution is 2.10. The van der Waals surface area contributed by atoms with E-state index in [1.807, 2.05) is 0 Å². The average Bonchev–Trinajstić information content (AvgIpc) is 2.45. The number of hydrogen-bond acceptors (Lipinski definition) is 3. The number of ether oxygens (including phenoxy) is 1. The van der Waals surface area contributed by atoms with Crippen LogP contribution in [0.25, 0.3) is 0 Å². The van der Waals surface area contributed by atoms with Crippen LogP contribution >= 0.6 is 0 Å². The minimum absolute atomic E-state index is 0.0267. The van der Waals surface area contributed by atoms with Gasteiger partial charge in [0.15, 0.2) is 0 Å². The summed E-state index contributed by atoms with van der Waals surface area (Å²) in [4.78, 5) is 11.8. The molecule has 0 aliphatic rings. The highest BCUT2D eigenvalue weighted by Gasteiger charge is 2.11. The van der Waals surface area contributed by atoms with Crippen LogP contribution in [0.4, 0.5) is 4.39 Å². The third-order valence-corrected chi connectivity index (χ3v) is 2.49. The van der Waals surface area contributed by atoms with Gasteiger partial charge in [-0.15, -0.1) is 0 Å². The molecule has 0 bridgehead atoms. The van der Waals surface area contributed by atoms with E-state index in [4.69, 9.17) is 9.84 Å². The summed E-state index contributed by atoms with van der Waals surface area (Å²) in [6, 6.07) is 4.12. The standard InChI is InChI=1S/C15H18FNO3/c1-20-10-4-8-17-15(19)13-11-12(5-2-3-9-18)6-7-14(13)16/h6-7,11,18H,3-4,8-10H2,1H3,(H,17,19). The molecule has 5 heteroatoms. The van der Waals surface area contributed by atoms with Crippen molar-refractivity contribution in [3.05, 3.63) is 35.1 Å². The minimum Gasteiger partial charge on any atom is -0.395 e. The number of methoxy groups -OCH3 is 1. The van der Waals surface area contributed by atoms with Crippen LogP contribution < -0.4 is 5.32 Å². The molecule has 0 spiro atoms. The minimum atomic E-state index is -0.582. The van der Waals surface area contributed by atoms with Crippen LogP contribution in [0.15, 0.2) is 18.2 Å². The van der Waals surface area contributed by atoms with Gasteiger partial charge in [-0.2, -0.15) is 0 Å². The first-order valence-electron chi connectivity index (χ1n) is 6.35. The van der Waals surface area contributed by atoms with Gasteiger partial charge in [-0.25, -0.2) is 4.39 Å². The maximum Gasteiger partial charge on any atom is 0.254 e. The van der Waals surface area contributed by atoms with Crippen LogP contribution in [-0.2, 0) is 4.74 Å². The molecule has 108 valence electrons. The van der Waals surface area contributed by atoms with Gasteiger partial charge in [0, 0.05) is 32.2 Å². The Kier molecular flexibility index (Phi) is 7.33. The second-order valence-corrected chi connectivity index (χ2v) is 4.07. The molecule has 0 radical (unpaired) electrons. The summed E-state index contributed by atoms with van der Waals surface area (Å²) < 4.78 is 18.5. The van der Waals surface area contributed by atoms with Gasteiger partial charge in [-0.1, -0.05) is 11.8 Å². The molecule has 1 aromatic carbocycles. The van der Waals surface area contributed by atoms with E-state index in [1.165, 1.54) is 18.2 Å². The van der Waals surface area contributed by atoms with Crippen molar-refractivity contribution in [3.63, 3.8) is 0 Å². The van der Waals surface area contributed by atoms with E-state index in [0.29, 0.717) is 31.6 Å². The molecule has 0 unspecified atom stereocenters. The fraction of sp³-hybridized carbons (Fsp3) is 0.400. The van der Waals surface area contributed by atoms with Crippen molar-refractivity contribution in [2.45, 2.75) is 12.8 Å². The number of carbonyl (C=O) groups is 1. The van der Waals surface area contributed by atoms with E-state index in [0.717, 1.165) is 0 Å². The monoisotopic (exact) mass is 279 g/mol. The first-order valence-corrected chi connectivity index (χ1v) is 6.35.